The Kier molecular flexibility index (Phi) is 9.73. The summed E-state index contributed by atoms with van der Waals surface area (Å²) in [5.41, 5.74) is 2.12. The highest BCUT2D eigenvalue weighted by atomic mass is 19.1. The first-order valence-corrected chi connectivity index (χ1v) is 10.7. The zero-order chi connectivity index (χ0) is 22.7. The molecule has 0 spiro atoms. The summed E-state index contributed by atoms with van der Waals surface area (Å²) in [6.07, 6.45) is 6.41. The van der Waals surface area contributed by atoms with E-state index in [1.54, 1.807) is 0 Å². The quantitative estimate of drug-likeness (QED) is 0.419. The summed E-state index contributed by atoms with van der Waals surface area (Å²) < 4.78 is 28.8. The Bertz CT molecular complexity index is 878. The van der Waals surface area contributed by atoms with Gasteiger partial charge in [-0.3, -0.25) is 10.2 Å². The molecule has 0 saturated carbocycles. The molecular formula is C27H32F2N2. The van der Waals surface area contributed by atoms with Gasteiger partial charge in [-0.15, -0.1) is 6.42 Å². The van der Waals surface area contributed by atoms with Gasteiger partial charge in [0.25, 0.3) is 0 Å². The lowest BCUT2D eigenvalue weighted by atomic mass is 10.0. The lowest BCUT2D eigenvalue weighted by molar-refractivity contribution is -0.000799. The van der Waals surface area contributed by atoms with Gasteiger partial charge in [0.2, 0.25) is 5.79 Å². The Morgan fingerprint density at radius 1 is 1.06 bits per heavy atom. The lowest BCUT2D eigenvalue weighted by Gasteiger charge is -2.36. The number of halogens is 2. The van der Waals surface area contributed by atoms with Crippen LogP contribution in [-0.2, 0) is 6.42 Å². The second-order valence-electron chi connectivity index (χ2n) is 7.96. The zero-order valence-electron chi connectivity index (χ0n) is 18.6. The van der Waals surface area contributed by atoms with Gasteiger partial charge >= 0.3 is 0 Å². The van der Waals surface area contributed by atoms with E-state index in [2.05, 4.69) is 23.1 Å². The van der Waals surface area contributed by atoms with Gasteiger partial charge < -0.3 is 0 Å². The second-order valence-corrected chi connectivity index (χ2v) is 7.96. The van der Waals surface area contributed by atoms with Crippen molar-refractivity contribution in [3.05, 3.63) is 71.8 Å². The molecule has 0 aliphatic heterocycles. The van der Waals surface area contributed by atoms with Crippen LogP contribution in [0.25, 0.3) is 0 Å². The summed E-state index contributed by atoms with van der Waals surface area (Å²) in [4.78, 5) is 1.46. The van der Waals surface area contributed by atoms with Crippen LogP contribution in [0.15, 0.2) is 60.7 Å². The molecule has 2 aromatic rings. The van der Waals surface area contributed by atoms with E-state index in [0.717, 1.165) is 17.5 Å². The highest BCUT2D eigenvalue weighted by molar-refractivity contribution is 5.25. The van der Waals surface area contributed by atoms with E-state index < -0.39 is 12.5 Å². The summed E-state index contributed by atoms with van der Waals surface area (Å²) in [6.45, 7) is 4.94. The van der Waals surface area contributed by atoms with Crippen LogP contribution in [0.5, 0.6) is 0 Å². The molecule has 0 heterocycles. The molecule has 0 aliphatic carbocycles. The van der Waals surface area contributed by atoms with E-state index in [4.69, 9.17) is 6.42 Å². The minimum absolute atomic E-state index is 0.0120. The third kappa shape index (κ3) is 7.83. The second kappa shape index (κ2) is 12.3. The van der Waals surface area contributed by atoms with Crippen LogP contribution in [0.1, 0.15) is 37.9 Å². The number of alkyl halides is 2. The van der Waals surface area contributed by atoms with Crippen LogP contribution in [0.3, 0.4) is 0 Å². The van der Waals surface area contributed by atoms with Crippen LogP contribution < -0.4 is 5.32 Å². The monoisotopic (exact) mass is 422 g/mol. The summed E-state index contributed by atoms with van der Waals surface area (Å²) in [7, 11) is 0. The number of nitrogens with one attached hydrogen (secondary N) is 1. The first-order valence-electron chi connectivity index (χ1n) is 10.7. The fraction of sp³-hybridized carbons (Fsp3) is 0.407. The molecule has 0 aliphatic rings. The van der Waals surface area contributed by atoms with Crippen molar-refractivity contribution < 1.29 is 8.78 Å². The van der Waals surface area contributed by atoms with Crippen molar-refractivity contribution >= 4 is 0 Å². The Labute approximate surface area is 186 Å². The van der Waals surface area contributed by atoms with Gasteiger partial charge in [0, 0.05) is 25.0 Å². The molecule has 0 fully saturated rings. The van der Waals surface area contributed by atoms with Crippen molar-refractivity contribution in [1.82, 2.24) is 10.2 Å². The lowest BCUT2D eigenvalue weighted by Crippen LogP contribution is -2.52. The minimum atomic E-state index is -1.95. The molecule has 0 aromatic heterocycles. The molecule has 2 aromatic carbocycles. The molecule has 2 nitrogen and oxygen atoms in total. The van der Waals surface area contributed by atoms with Crippen molar-refractivity contribution in [2.24, 2.45) is 5.92 Å². The van der Waals surface area contributed by atoms with Crippen LogP contribution >= 0.6 is 0 Å². The molecular weight excluding hydrogens is 390 g/mol. The average molecular weight is 423 g/mol. The Balaban J connectivity index is 2.04. The summed E-state index contributed by atoms with van der Waals surface area (Å²) in [5, 5.41) is 3.28. The topological polar surface area (TPSA) is 15.3 Å². The normalized spacial score (nSPS) is 15.8. The maximum atomic E-state index is 15.5. The molecule has 4 unspecified atom stereocenters. The predicted molar refractivity (Wildman–Crippen MR) is 125 cm³/mol. The molecule has 31 heavy (non-hydrogen) atoms. The van der Waals surface area contributed by atoms with Crippen molar-refractivity contribution in [2.75, 3.05) is 19.8 Å². The highest BCUT2D eigenvalue weighted by Gasteiger charge is 2.33. The van der Waals surface area contributed by atoms with Gasteiger partial charge in [-0.05, 0) is 37.3 Å². The molecule has 0 bridgehead atoms. The first-order chi connectivity index (χ1) is 14.9. The number of hydrogen-bond acceptors (Lipinski definition) is 2. The molecule has 0 amide bonds. The number of terminal acetylenes is 1. The van der Waals surface area contributed by atoms with Gasteiger partial charge in [-0.1, -0.05) is 79.4 Å². The third-order valence-corrected chi connectivity index (χ3v) is 5.25. The standard InChI is InChI=1S/C27H32F2N2/c1-5-26(25-14-10-7-11-15-25)30-21-23(3)31(19-18-28)27(4,29)17-16-22(2)20-24-12-8-6-9-13-24/h1,6-15,22-23,26,30H,18-21H2,2-4H3. The molecule has 1 N–H and O–H groups in total. The maximum Gasteiger partial charge on any atom is 0.223 e. The number of benzene rings is 2. The van der Waals surface area contributed by atoms with E-state index >= 15 is 4.39 Å². The summed E-state index contributed by atoms with van der Waals surface area (Å²) in [6, 6.07) is 19.0. The largest absolute Gasteiger partial charge is 0.298 e. The van der Waals surface area contributed by atoms with Crippen LogP contribution in [0, 0.1) is 30.1 Å². The zero-order valence-corrected chi connectivity index (χ0v) is 18.6. The van der Waals surface area contributed by atoms with Gasteiger partial charge in [0.1, 0.15) is 6.67 Å². The van der Waals surface area contributed by atoms with Crippen molar-refractivity contribution in [1.29, 1.82) is 0 Å². The van der Waals surface area contributed by atoms with Crippen LogP contribution in [0.2, 0.25) is 0 Å². The summed E-state index contributed by atoms with van der Waals surface area (Å²) >= 11 is 0. The SMILES string of the molecule is C#CC(NCC(C)N(CCF)C(C)(F)C#CC(C)Cc1ccccc1)c1ccccc1. The predicted octanol–water partition coefficient (Wildman–Crippen LogP) is 5.18. The fourth-order valence-corrected chi connectivity index (χ4v) is 3.60. The Morgan fingerprint density at radius 2 is 1.68 bits per heavy atom. The molecule has 4 heteroatoms. The third-order valence-electron chi connectivity index (χ3n) is 5.25. The van der Waals surface area contributed by atoms with Crippen molar-refractivity contribution in [2.45, 2.75) is 45.1 Å². The fourth-order valence-electron chi connectivity index (χ4n) is 3.60. The number of nitrogens with zero attached hydrogens (tertiary/aromatic N) is 1. The molecule has 164 valence electrons. The molecule has 0 radical (unpaired) electrons. The van der Waals surface area contributed by atoms with Crippen molar-refractivity contribution in [3.8, 4) is 24.2 Å². The van der Waals surface area contributed by atoms with E-state index in [0.29, 0.717) is 6.54 Å². The van der Waals surface area contributed by atoms with Gasteiger partial charge in [0.15, 0.2) is 0 Å². The molecule has 0 saturated heterocycles. The first kappa shape index (κ1) is 24.6. The van der Waals surface area contributed by atoms with E-state index in [9.17, 15) is 4.39 Å². The van der Waals surface area contributed by atoms with E-state index in [1.165, 1.54) is 11.8 Å². The number of rotatable bonds is 10. The van der Waals surface area contributed by atoms with Crippen LogP contribution in [0.4, 0.5) is 8.78 Å². The van der Waals surface area contributed by atoms with E-state index in [1.807, 2.05) is 74.5 Å². The van der Waals surface area contributed by atoms with Gasteiger partial charge in [-0.25, -0.2) is 8.78 Å². The minimum Gasteiger partial charge on any atom is -0.298 e. The van der Waals surface area contributed by atoms with Crippen LogP contribution in [-0.4, -0.2) is 36.5 Å². The van der Waals surface area contributed by atoms with Gasteiger partial charge in [-0.2, -0.15) is 0 Å². The smallest absolute Gasteiger partial charge is 0.223 e. The number of hydrogen-bond donors (Lipinski definition) is 1. The molecule has 4 atom stereocenters. The van der Waals surface area contributed by atoms with Crippen molar-refractivity contribution in [3.63, 3.8) is 0 Å². The Hall–Kier alpha value is -2.66. The van der Waals surface area contributed by atoms with E-state index in [-0.39, 0.29) is 24.5 Å². The molecule has 2 rings (SSSR count). The van der Waals surface area contributed by atoms with Gasteiger partial charge in [0.05, 0.1) is 6.04 Å². The average Bonchev–Trinajstić information content (AvgIpc) is 2.78. The highest BCUT2D eigenvalue weighted by Crippen LogP contribution is 2.21. The Morgan fingerprint density at radius 3 is 2.26 bits per heavy atom. The summed E-state index contributed by atoms with van der Waals surface area (Å²) in [5.74, 6) is 6.54. The maximum absolute atomic E-state index is 15.5.